The molecule has 0 saturated carbocycles. The van der Waals surface area contributed by atoms with Crippen molar-refractivity contribution in [2.24, 2.45) is 4.99 Å². The molecule has 0 unspecified atom stereocenters. The van der Waals surface area contributed by atoms with E-state index in [0.29, 0.717) is 12.3 Å². The van der Waals surface area contributed by atoms with Gasteiger partial charge in [-0.15, -0.1) is 24.0 Å². The van der Waals surface area contributed by atoms with Crippen LogP contribution in [0.15, 0.2) is 47.5 Å². The number of hydrogen-bond acceptors (Lipinski definition) is 4. The van der Waals surface area contributed by atoms with Gasteiger partial charge in [-0.05, 0) is 55.2 Å². The summed E-state index contributed by atoms with van der Waals surface area (Å²) in [5.74, 6) is 2.31. The molecule has 2 aromatic rings. The summed E-state index contributed by atoms with van der Waals surface area (Å²) in [5, 5.41) is 16.3. The number of nitrogens with one attached hydrogen (secondary N) is 2. The Hall–Kier alpha value is -2.16. The molecule has 0 amide bonds. The molecule has 0 atom stereocenters. The normalized spacial score (nSPS) is 10.8. The molecule has 0 bridgehead atoms. The van der Waals surface area contributed by atoms with Crippen molar-refractivity contribution in [3.63, 3.8) is 0 Å². The van der Waals surface area contributed by atoms with Gasteiger partial charge in [0.15, 0.2) is 17.5 Å². The number of phenols is 1. The van der Waals surface area contributed by atoms with Crippen LogP contribution < -0.4 is 20.1 Å². The van der Waals surface area contributed by atoms with E-state index in [4.69, 9.17) is 9.47 Å². The molecule has 0 saturated heterocycles. The smallest absolute Gasteiger partial charge is 0.191 e. The maximum absolute atomic E-state index is 9.66. The van der Waals surface area contributed by atoms with Crippen molar-refractivity contribution in [3.8, 4) is 17.2 Å². The quantitative estimate of drug-likeness (QED) is 0.280. The van der Waals surface area contributed by atoms with Gasteiger partial charge in [0.2, 0.25) is 0 Å². The van der Waals surface area contributed by atoms with Crippen molar-refractivity contribution in [3.05, 3.63) is 53.6 Å². The van der Waals surface area contributed by atoms with Gasteiger partial charge in [0.05, 0.1) is 14.2 Å². The number of aliphatic imine (C=N–C) groups is 1. The van der Waals surface area contributed by atoms with E-state index in [0.717, 1.165) is 43.2 Å². The monoisotopic (exact) mass is 499 g/mol. The summed E-state index contributed by atoms with van der Waals surface area (Å²) in [4.78, 5) is 4.63. The summed E-state index contributed by atoms with van der Waals surface area (Å²) in [6.07, 6.45) is 1.68. The van der Waals surface area contributed by atoms with Crippen molar-refractivity contribution >= 4 is 29.9 Å². The molecule has 6 nitrogen and oxygen atoms in total. The van der Waals surface area contributed by atoms with E-state index in [-0.39, 0.29) is 29.7 Å². The lowest BCUT2D eigenvalue weighted by Gasteiger charge is -2.12. The van der Waals surface area contributed by atoms with Crippen LogP contribution in [-0.2, 0) is 12.8 Å². The molecule has 0 spiro atoms. The van der Waals surface area contributed by atoms with Gasteiger partial charge in [0.1, 0.15) is 5.75 Å². The van der Waals surface area contributed by atoms with Gasteiger partial charge >= 0.3 is 0 Å². The molecule has 0 aliphatic rings. The Balaban J connectivity index is 0.00000392. The van der Waals surface area contributed by atoms with E-state index in [1.807, 2.05) is 31.2 Å². The highest BCUT2D eigenvalue weighted by atomic mass is 127. The largest absolute Gasteiger partial charge is 0.504 e. The molecular formula is C21H30IN3O3. The van der Waals surface area contributed by atoms with Crippen LogP contribution in [0.1, 0.15) is 18.1 Å². The molecule has 7 heteroatoms. The van der Waals surface area contributed by atoms with E-state index in [1.54, 1.807) is 20.3 Å². The summed E-state index contributed by atoms with van der Waals surface area (Å²) in [6.45, 7) is 4.30. The molecule has 0 aliphatic heterocycles. The van der Waals surface area contributed by atoms with E-state index >= 15 is 0 Å². The first kappa shape index (κ1) is 23.9. The lowest BCUT2D eigenvalue weighted by molar-refractivity contribution is 0.373. The number of rotatable bonds is 9. The third-order valence-corrected chi connectivity index (χ3v) is 4.12. The van der Waals surface area contributed by atoms with Gasteiger partial charge in [0, 0.05) is 19.6 Å². The lowest BCUT2D eigenvalue weighted by atomic mass is 10.1. The fraction of sp³-hybridized carbons (Fsp3) is 0.381. The third-order valence-electron chi connectivity index (χ3n) is 4.12. The molecule has 0 fully saturated rings. The van der Waals surface area contributed by atoms with Crippen LogP contribution in [0.3, 0.4) is 0 Å². The molecule has 3 N–H and O–H groups in total. The zero-order valence-corrected chi connectivity index (χ0v) is 19.0. The van der Waals surface area contributed by atoms with E-state index in [1.165, 1.54) is 5.56 Å². The van der Waals surface area contributed by atoms with Gasteiger partial charge in [-0.3, -0.25) is 4.99 Å². The molecule has 154 valence electrons. The highest BCUT2D eigenvalue weighted by Gasteiger charge is 2.03. The summed E-state index contributed by atoms with van der Waals surface area (Å²) in [6, 6.07) is 13.5. The Morgan fingerprint density at radius 2 is 1.68 bits per heavy atom. The van der Waals surface area contributed by atoms with Crippen LogP contribution in [0.5, 0.6) is 17.2 Å². The Labute approximate surface area is 184 Å². The minimum Gasteiger partial charge on any atom is -0.504 e. The van der Waals surface area contributed by atoms with Gasteiger partial charge in [-0.1, -0.05) is 18.2 Å². The summed E-state index contributed by atoms with van der Waals surface area (Å²) < 4.78 is 10.3. The molecule has 0 aromatic heterocycles. The Bertz CT molecular complexity index is 736. The second-order valence-electron chi connectivity index (χ2n) is 6.04. The number of guanidine groups is 1. The first-order valence-electron chi connectivity index (χ1n) is 9.17. The van der Waals surface area contributed by atoms with Crippen molar-refractivity contribution < 1.29 is 14.6 Å². The van der Waals surface area contributed by atoms with Crippen molar-refractivity contribution in [2.75, 3.05) is 33.9 Å². The fourth-order valence-electron chi connectivity index (χ4n) is 2.63. The topological polar surface area (TPSA) is 75.1 Å². The molecule has 0 heterocycles. The number of aromatic hydroxyl groups is 1. The molecule has 2 aromatic carbocycles. The van der Waals surface area contributed by atoms with Gasteiger partial charge < -0.3 is 25.2 Å². The molecular weight excluding hydrogens is 469 g/mol. The van der Waals surface area contributed by atoms with Gasteiger partial charge in [-0.2, -0.15) is 0 Å². The third kappa shape index (κ3) is 7.84. The SMILES string of the molecule is CCNC(=NCCc1ccc(OC)cc1)NCCc1ccc(O)c(OC)c1.I. The maximum Gasteiger partial charge on any atom is 0.191 e. The van der Waals surface area contributed by atoms with Gasteiger partial charge in [0.25, 0.3) is 0 Å². The average Bonchev–Trinajstić information content (AvgIpc) is 2.69. The van der Waals surface area contributed by atoms with Crippen LogP contribution in [0.25, 0.3) is 0 Å². The zero-order valence-electron chi connectivity index (χ0n) is 16.7. The molecule has 2 rings (SSSR count). The van der Waals surface area contributed by atoms with Crippen LogP contribution >= 0.6 is 24.0 Å². The zero-order chi connectivity index (χ0) is 19.5. The minimum atomic E-state index is 0. The van der Waals surface area contributed by atoms with Crippen LogP contribution in [0.2, 0.25) is 0 Å². The number of halogens is 1. The number of hydrogen-bond donors (Lipinski definition) is 3. The van der Waals surface area contributed by atoms with Crippen LogP contribution in [0.4, 0.5) is 0 Å². The Morgan fingerprint density at radius 3 is 2.32 bits per heavy atom. The Morgan fingerprint density at radius 1 is 0.964 bits per heavy atom. The number of phenolic OH excluding ortho intramolecular Hbond substituents is 1. The first-order valence-corrected chi connectivity index (χ1v) is 9.17. The van der Waals surface area contributed by atoms with E-state index in [9.17, 15) is 5.11 Å². The second kappa shape index (κ2) is 13.1. The summed E-state index contributed by atoms with van der Waals surface area (Å²) in [5.41, 5.74) is 2.32. The summed E-state index contributed by atoms with van der Waals surface area (Å²) >= 11 is 0. The first-order chi connectivity index (χ1) is 13.2. The average molecular weight is 499 g/mol. The molecule has 0 radical (unpaired) electrons. The number of benzene rings is 2. The fourth-order valence-corrected chi connectivity index (χ4v) is 2.63. The van der Waals surface area contributed by atoms with Crippen molar-refractivity contribution in [1.29, 1.82) is 0 Å². The number of methoxy groups -OCH3 is 2. The Kier molecular flexibility index (Phi) is 11.2. The highest BCUT2D eigenvalue weighted by molar-refractivity contribution is 14.0. The summed E-state index contributed by atoms with van der Waals surface area (Å²) in [7, 11) is 3.22. The molecule has 28 heavy (non-hydrogen) atoms. The highest BCUT2D eigenvalue weighted by Crippen LogP contribution is 2.26. The minimum absolute atomic E-state index is 0. The standard InChI is InChI=1S/C21H29N3O3.HI/c1-4-22-21(23-13-11-16-5-8-18(26-2)9-6-16)24-14-12-17-7-10-19(25)20(15-17)27-3;/h5-10,15,25H,4,11-14H2,1-3H3,(H2,22,23,24);1H. The number of ether oxygens (including phenoxy) is 2. The van der Waals surface area contributed by atoms with Crippen molar-refractivity contribution in [1.82, 2.24) is 10.6 Å². The van der Waals surface area contributed by atoms with Crippen molar-refractivity contribution in [2.45, 2.75) is 19.8 Å². The van der Waals surface area contributed by atoms with E-state index < -0.39 is 0 Å². The lowest BCUT2D eigenvalue weighted by Crippen LogP contribution is -2.38. The number of nitrogens with zero attached hydrogens (tertiary/aromatic N) is 1. The van der Waals surface area contributed by atoms with E-state index in [2.05, 4.69) is 27.8 Å². The molecule has 0 aliphatic carbocycles. The predicted octanol–water partition coefficient (Wildman–Crippen LogP) is 3.37. The maximum atomic E-state index is 9.66. The predicted molar refractivity (Wildman–Crippen MR) is 124 cm³/mol. The van der Waals surface area contributed by atoms with Gasteiger partial charge in [-0.25, -0.2) is 0 Å². The van der Waals surface area contributed by atoms with Crippen LogP contribution in [0, 0.1) is 0 Å². The second-order valence-corrected chi connectivity index (χ2v) is 6.04. The van der Waals surface area contributed by atoms with Crippen LogP contribution in [-0.4, -0.2) is 44.9 Å².